The van der Waals surface area contributed by atoms with Crippen molar-refractivity contribution in [2.75, 3.05) is 0 Å². The fourth-order valence-electron chi connectivity index (χ4n) is 1.80. The van der Waals surface area contributed by atoms with Crippen LogP contribution in [0.1, 0.15) is 12.8 Å². The van der Waals surface area contributed by atoms with E-state index in [0.29, 0.717) is 0 Å². The first-order chi connectivity index (χ1) is 11.3. The van der Waals surface area contributed by atoms with Crippen LogP contribution >= 0.6 is 11.6 Å². The van der Waals surface area contributed by atoms with E-state index in [2.05, 4.69) is 0 Å². The predicted molar refractivity (Wildman–Crippen MR) is 79.8 cm³/mol. The molecule has 0 unspecified atom stereocenters. The van der Waals surface area contributed by atoms with Gasteiger partial charge < -0.3 is 0 Å². The van der Waals surface area contributed by atoms with Crippen molar-refractivity contribution < 1.29 is 34.8 Å². The lowest BCUT2D eigenvalue weighted by Crippen LogP contribution is -2.44. The first-order valence-electron chi connectivity index (χ1n) is 6.53. The molecule has 1 atom stereocenters. The third-order valence-electron chi connectivity index (χ3n) is 3.04. The average Bonchev–Trinajstić information content (AvgIpc) is 3.11. The lowest BCUT2D eigenvalue weighted by molar-refractivity contribution is -0.139. The van der Waals surface area contributed by atoms with Crippen LogP contribution in [0.5, 0.6) is 0 Å². The molecule has 0 aromatic heterocycles. The Hall–Kier alpha value is -1.41. The van der Waals surface area contributed by atoms with Gasteiger partial charge in [0.2, 0.25) is 10.0 Å². The third kappa shape index (κ3) is 5.28. The Morgan fingerprint density at radius 1 is 1.28 bits per heavy atom. The van der Waals surface area contributed by atoms with Crippen LogP contribution in [-0.4, -0.2) is 39.4 Å². The highest BCUT2D eigenvalue weighted by Gasteiger charge is 2.48. The molecule has 1 heterocycles. The van der Waals surface area contributed by atoms with Gasteiger partial charge in [-0.15, -0.1) is 4.41 Å². The molecule has 1 aromatic carbocycles. The molecular weight excluding hydrogens is 411 g/mol. The number of hydrogen-bond acceptors (Lipinski definition) is 5. The molecule has 2 N–H and O–H groups in total. The van der Waals surface area contributed by atoms with Crippen LogP contribution in [0.15, 0.2) is 29.2 Å². The maximum absolute atomic E-state index is 12.4. The molecule has 1 aromatic rings. The summed E-state index contributed by atoms with van der Waals surface area (Å²) in [4.78, 5) is 13.3. The first-order valence-corrected chi connectivity index (χ1v) is 9.83. The zero-order chi connectivity index (χ0) is 19.0. The number of halogens is 4. The normalized spacial score (nSPS) is 18.0. The van der Waals surface area contributed by atoms with E-state index in [9.17, 15) is 34.8 Å². The molecule has 8 nitrogen and oxygen atoms in total. The molecule has 2 rings (SSSR count). The molecule has 0 bridgehead atoms. The first kappa shape index (κ1) is 19.9. The molecule has 0 spiro atoms. The minimum Gasteiger partial charge on any atom is -0.270 e. The second kappa shape index (κ2) is 6.72. The number of nitrogens with zero attached hydrogens (tertiary/aromatic N) is 1. The van der Waals surface area contributed by atoms with Gasteiger partial charge in [-0.2, -0.15) is 26.3 Å². The van der Waals surface area contributed by atoms with Crippen molar-refractivity contribution >= 4 is 37.7 Å². The summed E-state index contributed by atoms with van der Waals surface area (Å²) in [5, 5.41) is 0.225. The molecule has 1 saturated heterocycles. The number of benzene rings is 1. The molecule has 1 aliphatic rings. The van der Waals surface area contributed by atoms with Gasteiger partial charge in [-0.1, -0.05) is 16.4 Å². The number of hydrogen-bond donors (Lipinski definition) is 2. The molecule has 1 fully saturated rings. The summed E-state index contributed by atoms with van der Waals surface area (Å²) >= 11 is 5.62. The van der Waals surface area contributed by atoms with Crippen LogP contribution in [0.25, 0.3) is 0 Å². The molecule has 0 radical (unpaired) electrons. The van der Waals surface area contributed by atoms with Crippen LogP contribution in [0.4, 0.5) is 13.2 Å². The van der Waals surface area contributed by atoms with Crippen molar-refractivity contribution in [3.05, 3.63) is 29.3 Å². The molecule has 140 valence electrons. The number of carbonyl (C=O) groups excluding carboxylic acids is 1. The van der Waals surface area contributed by atoms with Crippen molar-refractivity contribution in [1.82, 2.24) is 14.0 Å². The highest BCUT2D eigenvalue weighted by atomic mass is 35.5. The summed E-state index contributed by atoms with van der Waals surface area (Å²) in [6.07, 6.45) is -7.11. The monoisotopic (exact) mass is 421 g/mol. The zero-order valence-electron chi connectivity index (χ0n) is 12.1. The fraction of sp³-hybridized carbons (Fsp3) is 0.364. The van der Waals surface area contributed by atoms with E-state index in [4.69, 9.17) is 11.6 Å². The van der Waals surface area contributed by atoms with Crippen LogP contribution in [0.2, 0.25) is 5.02 Å². The topological polar surface area (TPSA) is 122 Å². The molecule has 0 aliphatic carbocycles. The fourth-order valence-corrected chi connectivity index (χ4v) is 3.97. The van der Waals surface area contributed by atoms with Gasteiger partial charge in [0, 0.05) is 11.4 Å². The van der Waals surface area contributed by atoms with E-state index in [1.165, 1.54) is 12.1 Å². The molecule has 14 heteroatoms. The summed E-state index contributed by atoms with van der Waals surface area (Å²) in [6.45, 7) is 0. The number of nitrogens with one attached hydrogen (secondary N) is 2. The predicted octanol–water partition coefficient (Wildman–Crippen LogP) is 0.921. The number of carbonyl (C=O) groups is 1. The van der Waals surface area contributed by atoms with Crippen LogP contribution in [0.3, 0.4) is 0 Å². The minimum absolute atomic E-state index is 0.0679. The number of alkyl halides is 3. The number of rotatable bonds is 6. The quantitative estimate of drug-likeness (QED) is 0.661. The van der Waals surface area contributed by atoms with Crippen LogP contribution in [0, 0.1) is 0 Å². The van der Waals surface area contributed by atoms with Crippen molar-refractivity contribution in [2.45, 2.75) is 30.0 Å². The van der Waals surface area contributed by atoms with Gasteiger partial charge in [0.25, 0.3) is 5.91 Å². The van der Waals surface area contributed by atoms with Gasteiger partial charge in [0.15, 0.2) is 0 Å². The lowest BCUT2D eigenvalue weighted by atomic mass is 10.1. The Bertz CT molecular complexity index is 871. The lowest BCUT2D eigenvalue weighted by Gasteiger charge is -2.17. The minimum atomic E-state index is -4.66. The smallest absolute Gasteiger partial charge is 0.270 e. The Kier molecular flexibility index (Phi) is 5.35. The summed E-state index contributed by atoms with van der Waals surface area (Å²) in [5.74, 6) is -1.36. The standard InChI is InChI=1S/C11H11ClF3N3O5S2/c12-7-1-3-8(4-2-7)24(20,21)16-9(5-6-11(13,14)15)10(19)18-17-25(18,22)23/h1-4,9,16-17H,5-6H2/t9-,18?/m1/s1. The second-order valence-electron chi connectivity index (χ2n) is 4.98. The largest absolute Gasteiger partial charge is 0.389 e. The number of amides is 1. The highest BCUT2D eigenvalue weighted by molar-refractivity contribution is 7.93. The van der Waals surface area contributed by atoms with Crippen molar-refractivity contribution in [3.63, 3.8) is 0 Å². The summed E-state index contributed by atoms with van der Waals surface area (Å²) in [7, 11) is -8.46. The Balaban J connectivity index is 2.22. The SMILES string of the molecule is O=C([C@@H](CCC(F)(F)F)NS(=O)(=O)c1ccc(Cl)cc1)N1NS1(=O)=O. The van der Waals surface area contributed by atoms with Crippen molar-refractivity contribution in [3.8, 4) is 0 Å². The van der Waals surface area contributed by atoms with Gasteiger partial charge in [-0.25, -0.2) is 8.42 Å². The van der Waals surface area contributed by atoms with E-state index in [-0.39, 0.29) is 14.3 Å². The Morgan fingerprint density at radius 2 is 1.80 bits per heavy atom. The van der Waals surface area contributed by atoms with Gasteiger partial charge >= 0.3 is 16.4 Å². The van der Waals surface area contributed by atoms with Gasteiger partial charge in [-0.05, 0) is 30.7 Å². The van der Waals surface area contributed by atoms with Crippen molar-refractivity contribution in [2.24, 2.45) is 0 Å². The number of sulfonamides is 1. The maximum atomic E-state index is 12.4. The molecule has 0 saturated carbocycles. The molecule has 25 heavy (non-hydrogen) atoms. The summed E-state index contributed by atoms with van der Waals surface area (Å²) < 4.78 is 85.6. The van der Waals surface area contributed by atoms with E-state index >= 15 is 0 Å². The van der Waals surface area contributed by atoms with E-state index < -0.39 is 51.2 Å². The Labute approximate surface area is 146 Å². The Morgan fingerprint density at radius 3 is 2.24 bits per heavy atom. The third-order valence-corrected chi connectivity index (χ3v) is 5.77. The zero-order valence-corrected chi connectivity index (χ0v) is 14.5. The van der Waals surface area contributed by atoms with Gasteiger partial charge in [-0.3, -0.25) is 4.79 Å². The van der Waals surface area contributed by atoms with Gasteiger partial charge in [0.05, 0.1) is 4.90 Å². The molecule has 1 amide bonds. The van der Waals surface area contributed by atoms with Gasteiger partial charge in [0.1, 0.15) is 6.04 Å². The molecular formula is C11H11ClF3N3O5S2. The number of hydrazine groups is 1. The highest BCUT2D eigenvalue weighted by Crippen LogP contribution is 2.25. The average molecular weight is 422 g/mol. The van der Waals surface area contributed by atoms with Crippen molar-refractivity contribution in [1.29, 1.82) is 0 Å². The molecule has 1 aliphatic heterocycles. The summed E-state index contributed by atoms with van der Waals surface area (Å²) in [6, 6.07) is 2.72. The van der Waals surface area contributed by atoms with E-state index in [1.807, 2.05) is 0 Å². The van der Waals surface area contributed by atoms with E-state index in [0.717, 1.165) is 12.1 Å². The second-order valence-corrected chi connectivity index (χ2v) is 8.63. The van der Waals surface area contributed by atoms with E-state index in [1.54, 1.807) is 9.55 Å². The van der Waals surface area contributed by atoms with Crippen LogP contribution in [-0.2, 0) is 25.0 Å². The maximum Gasteiger partial charge on any atom is 0.389 e. The van der Waals surface area contributed by atoms with Crippen LogP contribution < -0.4 is 9.55 Å². The summed E-state index contributed by atoms with van der Waals surface area (Å²) in [5.41, 5.74) is 0.